The van der Waals surface area contributed by atoms with E-state index in [2.05, 4.69) is 25.7 Å². The summed E-state index contributed by atoms with van der Waals surface area (Å²) in [5.74, 6) is 0.0766. The van der Waals surface area contributed by atoms with E-state index in [0.717, 1.165) is 0 Å². The van der Waals surface area contributed by atoms with Crippen molar-refractivity contribution < 1.29 is 23.1 Å². The topological polar surface area (TPSA) is 61.6 Å². The number of carbonyl (C=O) groups excluding carboxylic acids is 1. The number of halogens is 2. The number of hydrogen-bond acceptors (Lipinski definition) is 5. The summed E-state index contributed by atoms with van der Waals surface area (Å²) in [5, 5.41) is 0. The molecule has 0 bridgehead atoms. The Morgan fingerprint density at radius 1 is 1.28 bits per heavy atom. The fourth-order valence-electron chi connectivity index (χ4n) is 2.14. The van der Waals surface area contributed by atoms with Gasteiger partial charge in [0, 0.05) is 5.56 Å². The Morgan fingerprint density at radius 2 is 2.12 bits per heavy atom. The molecule has 5 nitrogen and oxygen atoms in total. The molecule has 1 aromatic heterocycles. The number of methoxy groups -OCH3 is 1. The number of rotatable bonds is 5. The lowest BCUT2D eigenvalue weighted by atomic mass is 10.2. The molecule has 1 heterocycles. The SMILES string of the molecule is COC(=O)c1ccc(OCc2coc(-c3cccc(F)c3)n2)c(Br)c1. The van der Waals surface area contributed by atoms with Gasteiger partial charge in [0.25, 0.3) is 0 Å². The molecule has 0 aliphatic heterocycles. The zero-order valence-corrected chi connectivity index (χ0v) is 14.7. The van der Waals surface area contributed by atoms with Crippen LogP contribution in [0.3, 0.4) is 0 Å². The molecular weight excluding hydrogens is 393 g/mol. The van der Waals surface area contributed by atoms with Gasteiger partial charge in [-0.2, -0.15) is 0 Å². The summed E-state index contributed by atoms with van der Waals surface area (Å²) in [6, 6.07) is 10.9. The number of hydrogen-bond donors (Lipinski definition) is 0. The molecule has 25 heavy (non-hydrogen) atoms. The van der Waals surface area contributed by atoms with Crippen LogP contribution in [0.15, 0.2) is 57.6 Å². The highest BCUT2D eigenvalue weighted by molar-refractivity contribution is 9.10. The summed E-state index contributed by atoms with van der Waals surface area (Å²) in [6.07, 6.45) is 1.46. The summed E-state index contributed by atoms with van der Waals surface area (Å²) in [7, 11) is 1.32. The molecule has 128 valence electrons. The zero-order valence-electron chi connectivity index (χ0n) is 13.2. The number of esters is 1. The van der Waals surface area contributed by atoms with Crippen LogP contribution in [-0.2, 0) is 11.3 Å². The summed E-state index contributed by atoms with van der Waals surface area (Å²) < 4.78 is 29.6. The second-order valence-corrected chi connectivity index (χ2v) is 5.93. The van der Waals surface area contributed by atoms with Crippen LogP contribution in [0.1, 0.15) is 16.1 Å². The molecular formula is C18H13BrFNO4. The van der Waals surface area contributed by atoms with E-state index in [9.17, 15) is 9.18 Å². The number of ether oxygens (including phenoxy) is 2. The van der Waals surface area contributed by atoms with Gasteiger partial charge in [0.15, 0.2) is 0 Å². The minimum Gasteiger partial charge on any atom is -0.486 e. The van der Waals surface area contributed by atoms with Crippen molar-refractivity contribution in [2.24, 2.45) is 0 Å². The van der Waals surface area contributed by atoms with Crippen molar-refractivity contribution in [1.82, 2.24) is 4.98 Å². The van der Waals surface area contributed by atoms with E-state index >= 15 is 0 Å². The number of carbonyl (C=O) groups is 1. The second kappa shape index (κ2) is 7.48. The van der Waals surface area contributed by atoms with Crippen molar-refractivity contribution in [3.63, 3.8) is 0 Å². The number of oxazole rings is 1. The van der Waals surface area contributed by atoms with Gasteiger partial charge in [0.05, 0.1) is 17.1 Å². The van der Waals surface area contributed by atoms with Crippen molar-refractivity contribution in [3.05, 3.63) is 70.3 Å². The quantitative estimate of drug-likeness (QED) is 0.580. The molecule has 0 saturated heterocycles. The first-order chi connectivity index (χ1) is 12.1. The van der Waals surface area contributed by atoms with Gasteiger partial charge >= 0.3 is 5.97 Å². The van der Waals surface area contributed by atoms with Crippen LogP contribution in [0.5, 0.6) is 5.75 Å². The standard InChI is InChI=1S/C18H13BrFNO4/c1-23-18(22)12-5-6-16(15(19)8-12)24-9-14-10-25-17(21-14)11-3-2-4-13(20)7-11/h2-8,10H,9H2,1H3. The molecule has 0 aliphatic carbocycles. The molecule has 0 fully saturated rings. The van der Waals surface area contributed by atoms with Gasteiger partial charge in [0.1, 0.15) is 30.1 Å². The molecule has 3 rings (SSSR count). The van der Waals surface area contributed by atoms with Crippen LogP contribution in [0.2, 0.25) is 0 Å². The van der Waals surface area contributed by atoms with Crippen LogP contribution in [0.4, 0.5) is 4.39 Å². The first kappa shape index (κ1) is 17.2. The Morgan fingerprint density at radius 3 is 2.84 bits per heavy atom. The zero-order chi connectivity index (χ0) is 17.8. The van der Waals surface area contributed by atoms with Crippen LogP contribution in [0, 0.1) is 5.82 Å². The lowest BCUT2D eigenvalue weighted by Gasteiger charge is -2.07. The fraction of sp³-hybridized carbons (Fsp3) is 0.111. The molecule has 0 spiro atoms. The van der Waals surface area contributed by atoms with Crippen molar-refractivity contribution in [2.75, 3.05) is 7.11 Å². The molecule has 0 unspecified atom stereocenters. The van der Waals surface area contributed by atoms with Crippen LogP contribution in [-0.4, -0.2) is 18.1 Å². The minimum atomic E-state index is -0.427. The van der Waals surface area contributed by atoms with Gasteiger partial charge < -0.3 is 13.9 Å². The van der Waals surface area contributed by atoms with E-state index in [4.69, 9.17) is 9.15 Å². The fourth-order valence-corrected chi connectivity index (χ4v) is 2.64. The van der Waals surface area contributed by atoms with Crippen molar-refractivity contribution in [1.29, 1.82) is 0 Å². The van der Waals surface area contributed by atoms with Crippen LogP contribution in [0.25, 0.3) is 11.5 Å². The van der Waals surface area contributed by atoms with Gasteiger partial charge in [-0.3, -0.25) is 0 Å². The molecule has 0 saturated carbocycles. The van der Waals surface area contributed by atoms with Crippen LogP contribution >= 0.6 is 15.9 Å². The Kier molecular flexibility index (Phi) is 5.14. The highest BCUT2D eigenvalue weighted by atomic mass is 79.9. The third-order valence-corrected chi connectivity index (χ3v) is 3.97. The van der Waals surface area contributed by atoms with Gasteiger partial charge in [0.2, 0.25) is 5.89 Å². The van der Waals surface area contributed by atoms with Gasteiger partial charge in [-0.25, -0.2) is 14.2 Å². The third-order valence-electron chi connectivity index (χ3n) is 3.35. The Bertz CT molecular complexity index is 910. The van der Waals surface area contributed by atoms with E-state index in [0.29, 0.717) is 32.9 Å². The Balaban J connectivity index is 1.69. The summed E-state index contributed by atoms with van der Waals surface area (Å²) in [5.41, 5.74) is 1.52. The van der Waals surface area contributed by atoms with E-state index in [1.54, 1.807) is 30.3 Å². The van der Waals surface area contributed by atoms with Gasteiger partial charge in [-0.15, -0.1) is 0 Å². The number of nitrogens with zero attached hydrogens (tertiary/aromatic N) is 1. The molecule has 3 aromatic rings. The number of aromatic nitrogens is 1. The van der Waals surface area contributed by atoms with E-state index < -0.39 is 5.97 Å². The molecule has 7 heteroatoms. The van der Waals surface area contributed by atoms with Crippen molar-refractivity contribution in [2.45, 2.75) is 6.61 Å². The molecule has 0 atom stereocenters. The van der Waals surface area contributed by atoms with Crippen molar-refractivity contribution in [3.8, 4) is 17.2 Å². The largest absolute Gasteiger partial charge is 0.486 e. The average Bonchev–Trinajstić information content (AvgIpc) is 3.09. The maximum absolute atomic E-state index is 13.3. The van der Waals surface area contributed by atoms with Crippen molar-refractivity contribution >= 4 is 21.9 Å². The van der Waals surface area contributed by atoms with Crippen LogP contribution < -0.4 is 4.74 Å². The average molecular weight is 406 g/mol. The molecule has 0 radical (unpaired) electrons. The monoisotopic (exact) mass is 405 g/mol. The predicted molar refractivity (Wildman–Crippen MR) is 91.7 cm³/mol. The summed E-state index contributed by atoms with van der Waals surface area (Å²) in [6.45, 7) is 0.162. The Labute approximate surface area is 151 Å². The maximum Gasteiger partial charge on any atom is 0.337 e. The lowest BCUT2D eigenvalue weighted by Crippen LogP contribution is -2.02. The predicted octanol–water partition coefficient (Wildman–Crippen LogP) is 4.61. The second-order valence-electron chi connectivity index (χ2n) is 5.08. The molecule has 2 aromatic carbocycles. The molecule has 0 N–H and O–H groups in total. The van der Waals surface area contributed by atoms with E-state index in [-0.39, 0.29) is 12.4 Å². The molecule has 0 amide bonds. The number of benzene rings is 2. The van der Waals surface area contributed by atoms with E-state index in [1.807, 2.05) is 0 Å². The van der Waals surface area contributed by atoms with E-state index in [1.165, 1.54) is 25.5 Å². The van der Waals surface area contributed by atoms with Gasteiger partial charge in [-0.05, 0) is 52.3 Å². The smallest absolute Gasteiger partial charge is 0.337 e. The highest BCUT2D eigenvalue weighted by Gasteiger charge is 2.11. The lowest BCUT2D eigenvalue weighted by molar-refractivity contribution is 0.0600. The molecule has 0 aliphatic rings. The third kappa shape index (κ3) is 4.06. The first-order valence-electron chi connectivity index (χ1n) is 7.28. The minimum absolute atomic E-state index is 0.162. The first-order valence-corrected chi connectivity index (χ1v) is 8.07. The summed E-state index contributed by atoms with van der Waals surface area (Å²) in [4.78, 5) is 15.8. The Hall–Kier alpha value is -2.67. The van der Waals surface area contributed by atoms with Gasteiger partial charge in [-0.1, -0.05) is 6.07 Å². The normalized spacial score (nSPS) is 10.5. The maximum atomic E-state index is 13.3. The summed E-state index contributed by atoms with van der Waals surface area (Å²) >= 11 is 3.35. The highest BCUT2D eigenvalue weighted by Crippen LogP contribution is 2.27.